The number of fused-ring (bicyclic) bond motifs is 1. The maximum Gasteiger partial charge on any atom is 0.418 e. The van der Waals surface area contributed by atoms with Crippen LogP contribution in [0, 0.1) is 0 Å². The van der Waals surface area contributed by atoms with E-state index >= 15 is 4.39 Å². The summed E-state index contributed by atoms with van der Waals surface area (Å²) in [6, 6.07) is 1.20. The number of rotatable bonds is 8. The van der Waals surface area contributed by atoms with Gasteiger partial charge in [0.25, 0.3) is 0 Å². The van der Waals surface area contributed by atoms with Gasteiger partial charge in [-0.15, -0.1) is 0 Å². The third kappa shape index (κ3) is 4.84. The number of nitrogens with zero attached hydrogens (tertiary/aromatic N) is 4. The summed E-state index contributed by atoms with van der Waals surface area (Å²) >= 11 is 6.56. The van der Waals surface area contributed by atoms with Crippen LogP contribution in [0.15, 0.2) is 18.5 Å². The number of likely N-dealkylation sites (tertiary alicyclic amines) is 1. The Kier molecular flexibility index (Phi) is 6.99. The van der Waals surface area contributed by atoms with E-state index in [4.69, 9.17) is 21.1 Å². The van der Waals surface area contributed by atoms with Gasteiger partial charge in [0, 0.05) is 44.7 Å². The van der Waals surface area contributed by atoms with Crippen LogP contribution in [0.25, 0.3) is 11.0 Å². The van der Waals surface area contributed by atoms with Crippen molar-refractivity contribution in [3.8, 4) is 0 Å². The summed E-state index contributed by atoms with van der Waals surface area (Å²) in [5.74, 6) is 0.246. The lowest BCUT2D eigenvalue weighted by Crippen LogP contribution is -2.55. The monoisotopic (exact) mass is 531 g/mol. The van der Waals surface area contributed by atoms with Gasteiger partial charge in [0.1, 0.15) is 17.6 Å². The van der Waals surface area contributed by atoms with Gasteiger partial charge in [-0.1, -0.05) is 11.6 Å². The van der Waals surface area contributed by atoms with Gasteiger partial charge in [0.15, 0.2) is 5.15 Å². The van der Waals surface area contributed by atoms with Crippen LogP contribution in [-0.2, 0) is 15.7 Å². The number of anilines is 3. The molecule has 0 amide bonds. The Balaban J connectivity index is 1.38. The summed E-state index contributed by atoms with van der Waals surface area (Å²) in [6.07, 6.45) is -2.83. The molecule has 0 aliphatic carbocycles. The number of H-pyrrole nitrogens is 1. The van der Waals surface area contributed by atoms with Crippen LogP contribution in [0.5, 0.6) is 0 Å². The minimum absolute atomic E-state index is 0.0481. The molecule has 0 radical (unpaired) electrons. The molecule has 196 valence electrons. The number of halogens is 5. The molecule has 3 aromatic rings. The van der Waals surface area contributed by atoms with Crippen LogP contribution < -0.4 is 10.6 Å². The topological polar surface area (TPSA) is 92.3 Å². The Morgan fingerprint density at radius 1 is 1.31 bits per heavy atom. The number of aromatic nitrogens is 4. The average Bonchev–Trinajstić information content (AvgIpc) is 3.37. The van der Waals surface area contributed by atoms with E-state index in [0.29, 0.717) is 45.0 Å². The van der Waals surface area contributed by atoms with Crippen molar-refractivity contribution in [2.45, 2.75) is 30.9 Å². The van der Waals surface area contributed by atoms with Gasteiger partial charge < -0.3 is 25.1 Å². The predicted octanol–water partition coefficient (Wildman–Crippen LogP) is 4.22. The molecule has 5 heterocycles. The molecule has 2 fully saturated rings. The third-order valence-electron chi connectivity index (χ3n) is 6.56. The van der Waals surface area contributed by atoms with E-state index in [-0.39, 0.29) is 40.3 Å². The first kappa shape index (κ1) is 25.1. The van der Waals surface area contributed by atoms with E-state index in [0.717, 1.165) is 6.20 Å². The number of pyridine rings is 1. The number of piperidine rings is 1. The Hall–Kier alpha value is -2.61. The summed E-state index contributed by atoms with van der Waals surface area (Å²) in [7, 11) is 1.50. The highest BCUT2D eigenvalue weighted by Gasteiger charge is 2.38. The smallest absolute Gasteiger partial charge is 0.383 e. The molecule has 0 bridgehead atoms. The molecule has 2 aliphatic heterocycles. The van der Waals surface area contributed by atoms with Crippen molar-refractivity contribution >= 4 is 39.8 Å². The Labute approximate surface area is 209 Å². The van der Waals surface area contributed by atoms with Gasteiger partial charge >= 0.3 is 6.18 Å². The highest BCUT2D eigenvalue weighted by molar-refractivity contribution is 6.32. The molecular weight excluding hydrogens is 506 g/mol. The summed E-state index contributed by atoms with van der Waals surface area (Å²) in [5.41, 5.74) is -0.174. The average molecular weight is 532 g/mol. The van der Waals surface area contributed by atoms with Crippen LogP contribution in [0.3, 0.4) is 0 Å². The summed E-state index contributed by atoms with van der Waals surface area (Å²) in [4.78, 5) is 8.97. The van der Waals surface area contributed by atoms with Crippen LogP contribution in [0.2, 0.25) is 5.15 Å². The summed E-state index contributed by atoms with van der Waals surface area (Å²) in [6.45, 7) is 2.83. The molecule has 2 saturated heterocycles. The number of aromatic amines is 1. The molecule has 14 heteroatoms. The molecule has 3 aromatic heterocycles. The normalized spacial score (nSPS) is 21.6. The van der Waals surface area contributed by atoms with Gasteiger partial charge in [-0.05, 0) is 6.42 Å². The zero-order valence-electron chi connectivity index (χ0n) is 19.4. The van der Waals surface area contributed by atoms with E-state index in [9.17, 15) is 13.2 Å². The van der Waals surface area contributed by atoms with Crippen molar-refractivity contribution in [2.24, 2.45) is 0 Å². The van der Waals surface area contributed by atoms with Gasteiger partial charge in [-0.3, -0.25) is 4.90 Å². The largest absolute Gasteiger partial charge is 0.418 e. The van der Waals surface area contributed by atoms with Gasteiger partial charge in [0.05, 0.1) is 54.7 Å². The van der Waals surface area contributed by atoms with Crippen molar-refractivity contribution in [1.29, 1.82) is 0 Å². The molecule has 0 spiro atoms. The molecule has 0 aromatic carbocycles. The minimum Gasteiger partial charge on any atom is -0.383 e. The first-order valence-corrected chi connectivity index (χ1v) is 11.9. The minimum atomic E-state index is -4.55. The molecule has 5 rings (SSSR count). The lowest BCUT2D eigenvalue weighted by atomic mass is 10.0. The second-order valence-electron chi connectivity index (χ2n) is 8.88. The molecule has 0 unspecified atom stereocenters. The van der Waals surface area contributed by atoms with Gasteiger partial charge in [-0.2, -0.15) is 18.3 Å². The van der Waals surface area contributed by atoms with Crippen LogP contribution >= 0.6 is 11.6 Å². The van der Waals surface area contributed by atoms with E-state index < -0.39 is 24.0 Å². The van der Waals surface area contributed by atoms with E-state index in [1.807, 2.05) is 0 Å². The van der Waals surface area contributed by atoms with E-state index in [1.165, 1.54) is 24.1 Å². The van der Waals surface area contributed by atoms with Crippen LogP contribution in [0.1, 0.15) is 18.0 Å². The van der Waals surface area contributed by atoms with Crippen molar-refractivity contribution in [3.63, 3.8) is 0 Å². The molecule has 2 atom stereocenters. The summed E-state index contributed by atoms with van der Waals surface area (Å²) in [5, 5.41) is 10.4. The quantitative estimate of drug-likeness (QED) is 0.296. The predicted molar refractivity (Wildman–Crippen MR) is 127 cm³/mol. The number of hydrogen-bond acceptors (Lipinski definition) is 7. The fourth-order valence-electron chi connectivity index (χ4n) is 4.61. The summed E-state index contributed by atoms with van der Waals surface area (Å²) < 4.78 is 67.3. The Morgan fingerprint density at radius 2 is 2.11 bits per heavy atom. The van der Waals surface area contributed by atoms with E-state index in [2.05, 4.69) is 30.6 Å². The SMILES string of the molecule is COCCNc1cc(Nc2cnn([C@H]3CCN(C4COC4)C[C@@H]3F)c2Cl)nc2[nH]cc(C(F)(F)F)c12. The first-order valence-electron chi connectivity index (χ1n) is 11.5. The maximum atomic E-state index is 15.0. The van der Waals surface area contributed by atoms with Crippen molar-refractivity contribution in [1.82, 2.24) is 24.6 Å². The third-order valence-corrected chi connectivity index (χ3v) is 6.93. The molecule has 3 N–H and O–H groups in total. The first-order chi connectivity index (χ1) is 17.3. The lowest BCUT2D eigenvalue weighted by Gasteiger charge is -2.42. The fourth-order valence-corrected chi connectivity index (χ4v) is 4.87. The van der Waals surface area contributed by atoms with E-state index in [1.54, 1.807) is 0 Å². The maximum absolute atomic E-state index is 15.0. The second-order valence-corrected chi connectivity index (χ2v) is 9.23. The number of ether oxygens (including phenoxy) is 2. The second kappa shape index (κ2) is 10.0. The molecule has 36 heavy (non-hydrogen) atoms. The number of alkyl halides is 4. The Bertz CT molecular complexity index is 1210. The molecule has 2 aliphatic rings. The highest BCUT2D eigenvalue weighted by Crippen LogP contribution is 2.40. The fraction of sp³-hybridized carbons (Fsp3) is 0.545. The lowest BCUT2D eigenvalue weighted by molar-refractivity contribution is -0.136. The number of hydrogen-bond donors (Lipinski definition) is 3. The van der Waals surface area contributed by atoms with Gasteiger partial charge in [0.2, 0.25) is 0 Å². The number of nitrogens with one attached hydrogen (secondary N) is 3. The van der Waals surface area contributed by atoms with Crippen molar-refractivity contribution in [2.75, 3.05) is 57.2 Å². The highest BCUT2D eigenvalue weighted by atomic mass is 35.5. The van der Waals surface area contributed by atoms with Crippen LogP contribution in [-0.4, -0.2) is 83.4 Å². The van der Waals surface area contributed by atoms with Crippen molar-refractivity contribution < 1.29 is 27.0 Å². The molecule has 9 nitrogen and oxygen atoms in total. The molecular formula is C22H26ClF4N7O2. The zero-order valence-corrected chi connectivity index (χ0v) is 20.2. The van der Waals surface area contributed by atoms with Gasteiger partial charge in [-0.25, -0.2) is 14.1 Å². The van der Waals surface area contributed by atoms with Crippen LogP contribution in [0.4, 0.5) is 34.8 Å². The Morgan fingerprint density at radius 3 is 2.78 bits per heavy atom. The standard InChI is InChI=1S/C22H26ClF4N7O2/c1-35-5-3-28-15-6-18(32-21-19(15)13(7-29-21)22(25,26)27)31-16-8-30-34(20(16)23)17-2-4-33(9-14(17)24)12-10-36-11-12/h6-8,12,14,17H,2-5,9-11H2,1H3,(H3,28,29,31,32)/t14-,17-/m0/s1. The zero-order chi connectivity index (χ0) is 25.4. The number of methoxy groups -OCH3 is 1. The molecule has 0 saturated carbocycles. The van der Waals surface area contributed by atoms with Crippen molar-refractivity contribution in [3.05, 3.63) is 29.2 Å².